The van der Waals surface area contributed by atoms with Crippen LogP contribution in [0.5, 0.6) is 0 Å². The summed E-state index contributed by atoms with van der Waals surface area (Å²) in [5.74, 6) is 0.930. The molecule has 0 aliphatic heterocycles. The molecule has 0 amide bonds. The standard InChI is InChI=1S/C14H24/c1-3-8-13(9-4-2)12-14-10-6-5-7-11-14/h6,10-11,13H,3-5,7-9,12H2,1-2H3. The van der Waals surface area contributed by atoms with E-state index < -0.39 is 0 Å². The van der Waals surface area contributed by atoms with Crippen LogP contribution in [-0.4, -0.2) is 0 Å². The lowest BCUT2D eigenvalue weighted by Gasteiger charge is -2.17. The summed E-state index contributed by atoms with van der Waals surface area (Å²) in [5.41, 5.74) is 1.59. The quantitative estimate of drug-likeness (QED) is 0.563. The highest BCUT2D eigenvalue weighted by Gasteiger charge is 2.08. The van der Waals surface area contributed by atoms with Crippen LogP contribution < -0.4 is 0 Å². The summed E-state index contributed by atoms with van der Waals surface area (Å²) in [6.45, 7) is 4.60. The molecule has 0 radical (unpaired) electrons. The fourth-order valence-corrected chi connectivity index (χ4v) is 2.32. The van der Waals surface area contributed by atoms with Gasteiger partial charge in [0.1, 0.15) is 0 Å². The van der Waals surface area contributed by atoms with Crippen LogP contribution in [0.15, 0.2) is 23.8 Å². The summed E-state index contributed by atoms with van der Waals surface area (Å²) in [6.07, 6.45) is 16.4. The van der Waals surface area contributed by atoms with Crippen LogP contribution in [-0.2, 0) is 0 Å². The summed E-state index contributed by atoms with van der Waals surface area (Å²) in [7, 11) is 0. The van der Waals surface area contributed by atoms with Gasteiger partial charge in [-0.15, -0.1) is 0 Å². The van der Waals surface area contributed by atoms with E-state index in [0.717, 1.165) is 5.92 Å². The molecular weight excluding hydrogens is 168 g/mol. The Morgan fingerprint density at radius 2 is 1.86 bits per heavy atom. The van der Waals surface area contributed by atoms with Gasteiger partial charge in [0.15, 0.2) is 0 Å². The largest absolute Gasteiger partial charge is 0.0840 e. The molecule has 0 unspecified atom stereocenters. The van der Waals surface area contributed by atoms with E-state index in [0.29, 0.717) is 0 Å². The maximum atomic E-state index is 2.43. The lowest BCUT2D eigenvalue weighted by molar-refractivity contribution is 0.438. The molecule has 1 aliphatic carbocycles. The van der Waals surface area contributed by atoms with Crippen molar-refractivity contribution in [3.63, 3.8) is 0 Å². The number of allylic oxidation sites excluding steroid dienone is 4. The zero-order chi connectivity index (χ0) is 10.2. The maximum absolute atomic E-state index is 2.43. The molecule has 0 aromatic rings. The molecular formula is C14H24. The molecule has 0 fully saturated rings. The van der Waals surface area contributed by atoms with Crippen molar-refractivity contribution < 1.29 is 0 Å². The minimum Gasteiger partial charge on any atom is -0.0840 e. The first-order valence-corrected chi connectivity index (χ1v) is 6.22. The molecule has 0 aromatic heterocycles. The predicted octanol–water partition coefficient (Wildman–Crippen LogP) is 4.87. The Morgan fingerprint density at radius 3 is 2.36 bits per heavy atom. The van der Waals surface area contributed by atoms with Crippen molar-refractivity contribution in [2.24, 2.45) is 5.92 Å². The highest BCUT2D eigenvalue weighted by Crippen LogP contribution is 2.24. The third-order valence-corrected chi connectivity index (χ3v) is 2.99. The number of hydrogen-bond donors (Lipinski definition) is 0. The topological polar surface area (TPSA) is 0 Å². The minimum atomic E-state index is 0.930. The second-order valence-electron chi connectivity index (χ2n) is 4.41. The highest BCUT2D eigenvalue weighted by molar-refractivity contribution is 5.22. The molecule has 0 bridgehead atoms. The Bertz CT molecular complexity index is 192. The second kappa shape index (κ2) is 6.86. The zero-order valence-electron chi connectivity index (χ0n) is 9.76. The Labute approximate surface area is 89.1 Å². The first-order chi connectivity index (χ1) is 6.86. The van der Waals surface area contributed by atoms with Crippen LogP contribution in [0.1, 0.15) is 58.8 Å². The lowest BCUT2D eigenvalue weighted by atomic mass is 9.89. The van der Waals surface area contributed by atoms with E-state index in [-0.39, 0.29) is 0 Å². The minimum absolute atomic E-state index is 0.930. The van der Waals surface area contributed by atoms with Crippen LogP contribution in [0, 0.1) is 5.92 Å². The highest BCUT2D eigenvalue weighted by atomic mass is 14.1. The van der Waals surface area contributed by atoms with Gasteiger partial charge < -0.3 is 0 Å². The molecule has 0 aromatic carbocycles. The van der Waals surface area contributed by atoms with Crippen molar-refractivity contribution in [2.45, 2.75) is 58.8 Å². The zero-order valence-corrected chi connectivity index (χ0v) is 9.76. The van der Waals surface area contributed by atoms with Gasteiger partial charge in [-0.2, -0.15) is 0 Å². The van der Waals surface area contributed by atoms with Gasteiger partial charge >= 0.3 is 0 Å². The van der Waals surface area contributed by atoms with Crippen molar-refractivity contribution in [3.8, 4) is 0 Å². The Morgan fingerprint density at radius 1 is 1.14 bits per heavy atom. The van der Waals surface area contributed by atoms with Gasteiger partial charge in [-0.1, -0.05) is 63.3 Å². The molecule has 0 heteroatoms. The SMILES string of the molecule is CCCC(CCC)CC1=CCCC=C1. The van der Waals surface area contributed by atoms with E-state index in [1.165, 1.54) is 44.9 Å². The van der Waals surface area contributed by atoms with Gasteiger partial charge in [0, 0.05) is 0 Å². The van der Waals surface area contributed by atoms with E-state index in [1.54, 1.807) is 5.57 Å². The molecule has 14 heavy (non-hydrogen) atoms. The van der Waals surface area contributed by atoms with Gasteiger partial charge in [0.25, 0.3) is 0 Å². The molecule has 0 heterocycles. The van der Waals surface area contributed by atoms with Gasteiger partial charge in [0.05, 0.1) is 0 Å². The van der Waals surface area contributed by atoms with Crippen LogP contribution in [0.4, 0.5) is 0 Å². The van der Waals surface area contributed by atoms with Gasteiger partial charge in [-0.05, 0) is 25.2 Å². The monoisotopic (exact) mass is 192 g/mol. The third kappa shape index (κ3) is 4.13. The van der Waals surface area contributed by atoms with E-state index in [4.69, 9.17) is 0 Å². The summed E-state index contributed by atoms with van der Waals surface area (Å²) in [6, 6.07) is 0. The molecule has 0 spiro atoms. The van der Waals surface area contributed by atoms with Crippen LogP contribution in [0.25, 0.3) is 0 Å². The predicted molar refractivity (Wildman–Crippen MR) is 64.4 cm³/mol. The van der Waals surface area contributed by atoms with E-state index in [1.807, 2.05) is 0 Å². The van der Waals surface area contributed by atoms with Crippen molar-refractivity contribution in [2.75, 3.05) is 0 Å². The van der Waals surface area contributed by atoms with E-state index >= 15 is 0 Å². The van der Waals surface area contributed by atoms with Gasteiger partial charge in [0.2, 0.25) is 0 Å². The fourth-order valence-electron chi connectivity index (χ4n) is 2.32. The molecule has 0 saturated heterocycles. The molecule has 80 valence electrons. The summed E-state index contributed by atoms with van der Waals surface area (Å²) >= 11 is 0. The Balaban J connectivity index is 2.37. The first-order valence-electron chi connectivity index (χ1n) is 6.22. The van der Waals surface area contributed by atoms with Crippen molar-refractivity contribution in [1.82, 2.24) is 0 Å². The van der Waals surface area contributed by atoms with E-state index in [2.05, 4.69) is 32.1 Å². The second-order valence-corrected chi connectivity index (χ2v) is 4.41. The normalized spacial score (nSPS) is 16.1. The molecule has 0 atom stereocenters. The lowest BCUT2D eigenvalue weighted by Crippen LogP contribution is -2.01. The first kappa shape index (κ1) is 11.6. The summed E-state index contributed by atoms with van der Waals surface area (Å²) in [5, 5.41) is 0. The number of rotatable bonds is 6. The van der Waals surface area contributed by atoms with E-state index in [9.17, 15) is 0 Å². The molecule has 0 nitrogen and oxygen atoms in total. The fraction of sp³-hybridized carbons (Fsp3) is 0.714. The Hall–Kier alpha value is -0.520. The average Bonchev–Trinajstić information content (AvgIpc) is 2.20. The number of hydrogen-bond acceptors (Lipinski definition) is 0. The summed E-state index contributed by atoms with van der Waals surface area (Å²) in [4.78, 5) is 0. The van der Waals surface area contributed by atoms with Crippen molar-refractivity contribution in [1.29, 1.82) is 0 Å². The van der Waals surface area contributed by atoms with Gasteiger partial charge in [-0.3, -0.25) is 0 Å². The van der Waals surface area contributed by atoms with Crippen LogP contribution in [0.2, 0.25) is 0 Å². The molecule has 1 rings (SSSR count). The van der Waals surface area contributed by atoms with Crippen LogP contribution in [0.3, 0.4) is 0 Å². The Kier molecular flexibility index (Phi) is 5.66. The molecule has 0 N–H and O–H groups in total. The average molecular weight is 192 g/mol. The molecule has 1 aliphatic rings. The van der Waals surface area contributed by atoms with Crippen molar-refractivity contribution in [3.05, 3.63) is 23.8 Å². The molecule has 0 saturated carbocycles. The smallest absolute Gasteiger partial charge is 0.0254 e. The van der Waals surface area contributed by atoms with Gasteiger partial charge in [-0.25, -0.2) is 0 Å². The third-order valence-electron chi connectivity index (χ3n) is 2.99. The van der Waals surface area contributed by atoms with Crippen molar-refractivity contribution >= 4 is 0 Å². The van der Waals surface area contributed by atoms with Crippen LogP contribution >= 0.6 is 0 Å². The summed E-state index contributed by atoms with van der Waals surface area (Å²) < 4.78 is 0. The maximum Gasteiger partial charge on any atom is -0.0254 e.